The van der Waals surface area contributed by atoms with Gasteiger partial charge in [0.15, 0.2) is 0 Å². The zero-order chi connectivity index (χ0) is 25.4. The molecular formula is C29H33N5O2. The normalized spacial score (nSPS) is 15.4. The van der Waals surface area contributed by atoms with Crippen LogP contribution >= 0.6 is 0 Å². The number of aryl methyl sites for hydroxylation is 2. The van der Waals surface area contributed by atoms with E-state index < -0.39 is 0 Å². The van der Waals surface area contributed by atoms with Gasteiger partial charge in [0, 0.05) is 29.9 Å². The van der Waals surface area contributed by atoms with Crippen molar-refractivity contribution in [3.8, 4) is 11.1 Å². The van der Waals surface area contributed by atoms with Crippen LogP contribution in [0.25, 0.3) is 11.1 Å². The molecule has 0 amide bonds. The first-order chi connectivity index (χ1) is 17.2. The SMILES string of the molecule is Cc1cc(NCc2cc(C3OC=CN3c3onc(C)c3C)ccc2-c2ccccc2)n(C(C)(C)C)n1. The second-order valence-corrected chi connectivity index (χ2v) is 10.3. The van der Waals surface area contributed by atoms with Gasteiger partial charge in [0.1, 0.15) is 12.1 Å². The largest absolute Gasteiger partial charge is 0.472 e. The number of benzene rings is 2. The molecule has 1 aliphatic rings. The predicted octanol–water partition coefficient (Wildman–Crippen LogP) is 6.84. The van der Waals surface area contributed by atoms with Crippen LogP contribution in [0.1, 0.15) is 55.1 Å². The molecule has 0 saturated carbocycles. The Labute approximate surface area is 212 Å². The third-order valence-electron chi connectivity index (χ3n) is 6.47. The van der Waals surface area contributed by atoms with Crippen molar-refractivity contribution in [3.63, 3.8) is 0 Å². The van der Waals surface area contributed by atoms with Gasteiger partial charge in [0.05, 0.1) is 16.9 Å². The van der Waals surface area contributed by atoms with Gasteiger partial charge < -0.3 is 14.6 Å². The summed E-state index contributed by atoms with van der Waals surface area (Å²) < 4.78 is 13.7. The summed E-state index contributed by atoms with van der Waals surface area (Å²) in [4.78, 5) is 1.99. The fourth-order valence-corrected chi connectivity index (χ4v) is 4.51. The van der Waals surface area contributed by atoms with Gasteiger partial charge in [-0.1, -0.05) is 47.6 Å². The maximum atomic E-state index is 6.02. The Kier molecular flexibility index (Phi) is 6.08. The van der Waals surface area contributed by atoms with Crippen LogP contribution in [0.15, 0.2) is 71.6 Å². The van der Waals surface area contributed by atoms with E-state index in [0.29, 0.717) is 12.4 Å². The Morgan fingerprint density at radius 2 is 1.78 bits per heavy atom. The van der Waals surface area contributed by atoms with Crippen LogP contribution in [0.3, 0.4) is 0 Å². The van der Waals surface area contributed by atoms with Crippen LogP contribution < -0.4 is 10.2 Å². The van der Waals surface area contributed by atoms with Gasteiger partial charge in [-0.2, -0.15) is 5.10 Å². The summed E-state index contributed by atoms with van der Waals surface area (Å²) in [5.41, 5.74) is 7.29. The molecule has 0 saturated heterocycles. The smallest absolute Gasteiger partial charge is 0.237 e. The van der Waals surface area contributed by atoms with Crippen LogP contribution in [0.2, 0.25) is 0 Å². The van der Waals surface area contributed by atoms with Crippen LogP contribution in [-0.4, -0.2) is 14.9 Å². The number of anilines is 2. The third-order valence-corrected chi connectivity index (χ3v) is 6.47. The molecule has 1 aliphatic heterocycles. The second-order valence-electron chi connectivity index (χ2n) is 10.3. The predicted molar refractivity (Wildman–Crippen MR) is 143 cm³/mol. The Balaban J connectivity index is 1.51. The Morgan fingerprint density at radius 1 is 1.00 bits per heavy atom. The molecule has 2 aromatic heterocycles. The van der Waals surface area contributed by atoms with E-state index in [-0.39, 0.29) is 11.8 Å². The lowest BCUT2D eigenvalue weighted by Gasteiger charge is -2.25. The Morgan fingerprint density at radius 3 is 2.47 bits per heavy atom. The topological polar surface area (TPSA) is 68.3 Å². The first-order valence-corrected chi connectivity index (χ1v) is 12.2. The highest BCUT2D eigenvalue weighted by molar-refractivity contribution is 5.68. The molecule has 7 heteroatoms. The summed E-state index contributed by atoms with van der Waals surface area (Å²) in [5, 5.41) is 12.5. The van der Waals surface area contributed by atoms with Crippen molar-refractivity contribution >= 4 is 11.7 Å². The molecule has 186 valence electrons. The maximum Gasteiger partial charge on any atom is 0.237 e. The molecule has 0 spiro atoms. The molecule has 0 fully saturated rings. The number of nitrogens with one attached hydrogen (secondary N) is 1. The van der Waals surface area contributed by atoms with E-state index in [1.165, 1.54) is 16.7 Å². The zero-order valence-electron chi connectivity index (χ0n) is 21.7. The van der Waals surface area contributed by atoms with E-state index in [1.54, 1.807) is 6.26 Å². The monoisotopic (exact) mass is 483 g/mol. The van der Waals surface area contributed by atoms with Crippen LogP contribution in [0.4, 0.5) is 11.7 Å². The van der Waals surface area contributed by atoms with Crippen molar-refractivity contribution in [2.24, 2.45) is 0 Å². The lowest BCUT2D eigenvalue weighted by atomic mass is 9.96. The number of rotatable bonds is 6. The maximum absolute atomic E-state index is 6.02. The van der Waals surface area contributed by atoms with Crippen molar-refractivity contribution in [1.82, 2.24) is 14.9 Å². The Hall–Kier alpha value is -4.00. The summed E-state index contributed by atoms with van der Waals surface area (Å²) in [5.74, 6) is 1.69. The molecule has 1 atom stereocenters. The minimum Gasteiger partial charge on any atom is -0.472 e. The molecule has 7 nitrogen and oxygen atoms in total. The van der Waals surface area contributed by atoms with E-state index >= 15 is 0 Å². The Bertz CT molecular complexity index is 1400. The number of hydrogen-bond acceptors (Lipinski definition) is 6. The summed E-state index contributed by atoms with van der Waals surface area (Å²) >= 11 is 0. The minimum absolute atomic E-state index is 0.127. The quantitative estimate of drug-likeness (QED) is 0.324. The number of aromatic nitrogens is 3. The third kappa shape index (κ3) is 4.49. The molecule has 3 heterocycles. The van der Waals surface area contributed by atoms with Gasteiger partial charge in [-0.3, -0.25) is 4.90 Å². The highest BCUT2D eigenvalue weighted by atomic mass is 16.5. The van der Waals surface area contributed by atoms with E-state index in [4.69, 9.17) is 14.4 Å². The minimum atomic E-state index is -0.332. The molecule has 36 heavy (non-hydrogen) atoms. The molecule has 4 aromatic rings. The van der Waals surface area contributed by atoms with Crippen molar-refractivity contribution in [2.45, 2.75) is 59.9 Å². The highest BCUT2D eigenvalue weighted by Crippen LogP contribution is 2.37. The average molecular weight is 484 g/mol. The zero-order valence-corrected chi connectivity index (χ0v) is 21.7. The fourth-order valence-electron chi connectivity index (χ4n) is 4.51. The van der Waals surface area contributed by atoms with Crippen molar-refractivity contribution < 1.29 is 9.26 Å². The van der Waals surface area contributed by atoms with Gasteiger partial charge in [-0.25, -0.2) is 4.68 Å². The first kappa shape index (κ1) is 23.7. The fraction of sp³-hybridized carbons (Fsp3) is 0.310. The van der Waals surface area contributed by atoms with E-state index in [2.05, 4.69) is 84.5 Å². The van der Waals surface area contributed by atoms with Crippen LogP contribution in [0.5, 0.6) is 0 Å². The van der Waals surface area contributed by atoms with Crippen LogP contribution in [-0.2, 0) is 16.8 Å². The average Bonchev–Trinajstić information content (AvgIpc) is 3.57. The van der Waals surface area contributed by atoms with Gasteiger partial charge in [0.2, 0.25) is 12.1 Å². The van der Waals surface area contributed by atoms with Gasteiger partial charge >= 0.3 is 0 Å². The van der Waals surface area contributed by atoms with Gasteiger partial charge in [-0.05, 0) is 64.3 Å². The summed E-state index contributed by atoms with van der Waals surface area (Å²) in [7, 11) is 0. The molecule has 2 aromatic carbocycles. The van der Waals surface area contributed by atoms with Gasteiger partial charge in [0.25, 0.3) is 0 Å². The number of ether oxygens (including phenoxy) is 1. The summed E-state index contributed by atoms with van der Waals surface area (Å²) in [6, 6.07) is 19.1. The molecule has 1 unspecified atom stereocenters. The number of hydrogen-bond donors (Lipinski definition) is 1. The van der Waals surface area contributed by atoms with Crippen molar-refractivity contribution in [1.29, 1.82) is 0 Å². The summed E-state index contributed by atoms with van der Waals surface area (Å²) in [6.45, 7) is 13.1. The molecule has 0 aliphatic carbocycles. The van der Waals surface area contributed by atoms with E-state index in [9.17, 15) is 0 Å². The van der Waals surface area contributed by atoms with E-state index in [1.807, 2.05) is 37.9 Å². The molecular weight excluding hydrogens is 450 g/mol. The van der Waals surface area contributed by atoms with E-state index in [0.717, 1.165) is 28.3 Å². The van der Waals surface area contributed by atoms with Crippen molar-refractivity contribution in [2.75, 3.05) is 10.2 Å². The van der Waals surface area contributed by atoms with Gasteiger partial charge in [-0.15, -0.1) is 0 Å². The molecule has 0 radical (unpaired) electrons. The molecule has 0 bridgehead atoms. The highest BCUT2D eigenvalue weighted by Gasteiger charge is 2.29. The lowest BCUT2D eigenvalue weighted by molar-refractivity contribution is 0.169. The second kappa shape index (κ2) is 9.22. The van der Waals surface area contributed by atoms with Crippen LogP contribution in [0, 0.1) is 20.8 Å². The van der Waals surface area contributed by atoms with Crippen molar-refractivity contribution in [3.05, 3.63) is 95.1 Å². The number of nitrogens with zero attached hydrogens (tertiary/aromatic N) is 4. The first-order valence-electron chi connectivity index (χ1n) is 12.2. The standard InChI is InChI=1S/C29H33N5O2/c1-19-16-26(34(31-19)29(4,5)6)30-18-24-17-23(12-13-25(24)22-10-8-7-9-11-22)28-33(14-15-35-28)27-20(2)21(3)32-36-27/h7-17,28,30H,18H2,1-6H3. The molecule has 5 rings (SSSR count). The molecule has 1 N–H and O–H groups in total. The lowest BCUT2D eigenvalue weighted by Crippen LogP contribution is -2.25. The summed E-state index contributed by atoms with van der Waals surface area (Å²) in [6.07, 6.45) is 3.27.